The lowest BCUT2D eigenvalue weighted by Crippen LogP contribution is -2.25. The van der Waals surface area contributed by atoms with E-state index in [1.165, 1.54) is 18.3 Å². The molecule has 0 bridgehead atoms. The first-order chi connectivity index (χ1) is 10.5. The average molecular weight is 414 g/mol. The van der Waals surface area contributed by atoms with Gasteiger partial charge in [-0.25, -0.2) is 5.43 Å². The van der Waals surface area contributed by atoms with Gasteiger partial charge in [0.25, 0.3) is 5.91 Å². The zero-order valence-electron chi connectivity index (χ0n) is 11.2. The topological polar surface area (TPSA) is 110 Å². The van der Waals surface area contributed by atoms with Gasteiger partial charge >= 0.3 is 5.88 Å². The van der Waals surface area contributed by atoms with Crippen molar-refractivity contribution in [3.63, 3.8) is 0 Å². The van der Waals surface area contributed by atoms with Gasteiger partial charge in [-0.1, -0.05) is 0 Å². The third kappa shape index (κ3) is 4.84. The first-order valence-corrected chi connectivity index (χ1v) is 7.18. The molecule has 1 aromatic heterocycles. The van der Waals surface area contributed by atoms with E-state index in [2.05, 4.69) is 38.4 Å². The van der Waals surface area contributed by atoms with Crippen molar-refractivity contribution in [3.05, 3.63) is 55.8 Å². The molecule has 0 saturated carbocycles. The van der Waals surface area contributed by atoms with E-state index >= 15 is 0 Å². The first kappa shape index (κ1) is 15.9. The summed E-state index contributed by atoms with van der Waals surface area (Å²) in [6, 6.07) is 10.2. The van der Waals surface area contributed by atoms with Gasteiger partial charge in [0.15, 0.2) is 5.76 Å². The molecule has 0 aliphatic heterocycles. The minimum absolute atomic E-state index is 0.0518. The number of nitro groups is 1. The second-order valence-electron chi connectivity index (χ2n) is 4.09. The molecule has 0 spiro atoms. The van der Waals surface area contributed by atoms with Gasteiger partial charge in [0.05, 0.1) is 18.8 Å². The van der Waals surface area contributed by atoms with Gasteiger partial charge in [-0.05, 0) is 52.9 Å². The number of benzene rings is 1. The van der Waals surface area contributed by atoms with Crippen LogP contribution in [0.1, 0.15) is 5.76 Å². The van der Waals surface area contributed by atoms with E-state index in [4.69, 9.17) is 4.42 Å². The smallest absolute Gasteiger partial charge is 0.400 e. The number of hydrogen-bond acceptors (Lipinski definition) is 6. The highest BCUT2D eigenvalue weighted by atomic mass is 127. The highest BCUT2D eigenvalue weighted by Gasteiger charge is 2.10. The molecule has 9 heteroatoms. The lowest BCUT2D eigenvalue weighted by molar-refractivity contribution is -0.402. The summed E-state index contributed by atoms with van der Waals surface area (Å²) in [6.45, 7) is 0.0518. The Morgan fingerprint density at radius 2 is 2.05 bits per heavy atom. The highest BCUT2D eigenvalue weighted by molar-refractivity contribution is 14.1. The van der Waals surface area contributed by atoms with Gasteiger partial charge in [-0.15, -0.1) is 0 Å². The molecule has 0 fully saturated rings. The van der Waals surface area contributed by atoms with Crippen LogP contribution in [0, 0.1) is 13.7 Å². The van der Waals surface area contributed by atoms with E-state index in [0.717, 1.165) is 9.26 Å². The largest absolute Gasteiger partial charge is 0.433 e. The number of anilines is 1. The van der Waals surface area contributed by atoms with Gasteiger partial charge in [0.1, 0.15) is 4.92 Å². The number of nitrogens with zero attached hydrogens (tertiary/aromatic N) is 2. The molecule has 2 aromatic rings. The van der Waals surface area contributed by atoms with Crippen molar-refractivity contribution in [1.82, 2.24) is 5.43 Å². The summed E-state index contributed by atoms with van der Waals surface area (Å²) in [6.07, 6.45) is 1.19. The molecule has 0 saturated heterocycles. The zero-order valence-corrected chi connectivity index (χ0v) is 13.3. The lowest BCUT2D eigenvalue weighted by atomic mass is 10.3. The van der Waals surface area contributed by atoms with Gasteiger partial charge in [-0.3, -0.25) is 14.9 Å². The molecule has 0 radical (unpaired) electrons. The van der Waals surface area contributed by atoms with Crippen molar-refractivity contribution < 1.29 is 14.1 Å². The molecule has 0 unspecified atom stereocenters. The lowest BCUT2D eigenvalue weighted by Gasteiger charge is -2.04. The molecular formula is C13H11IN4O4. The average Bonchev–Trinajstić information content (AvgIpc) is 2.96. The molecule has 1 heterocycles. The van der Waals surface area contributed by atoms with Crippen LogP contribution < -0.4 is 10.7 Å². The fraction of sp³-hybridized carbons (Fsp3) is 0.0769. The van der Waals surface area contributed by atoms with Crippen molar-refractivity contribution in [1.29, 1.82) is 0 Å². The summed E-state index contributed by atoms with van der Waals surface area (Å²) in [5.74, 6) is -0.554. The van der Waals surface area contributed by atoms with E-state index in [1.807, 2.05) is 24.3 Å². The van der Waals surface area contributed by atoms with E-state index in [0.29, 0.717) is 0 Å². The molecule has 1 aromatic carbocycles. The third-order valence-electron chi connectivity index (χ3n) is 2.47. The third-order valence-corrected chi connectivity index (χ3v) is 3.19. The van der Waals surface area contributed by atoms with Crippen LogP contribution in [-0.4, -0.2) is 23.6 Å². The Balaban J connectivity index is 1.78. The number of furan rings is 1. The molecule has 22 heavy (non-hydrogen) atoms. The number of carbonyl (C=O) groups excluding carboxylic acids is 1. The highest BCUT2D eigenvalue weighted by Crippen LogP contribution is 2.13. The Bertz CT molecular complexity index is 696. The Kier molecular flexibility index (Phi) is 5.47. The SMILES string of the molecule is O=C(CNc1ccc(I)cc1)N/N=C\c1ccc([N+](=O)[O-])o1. The molecule has 114 valence electrons. The van der Waals surface area contributed by atoms with Crippen molar-refractivity contribution in [2.45, 2.75) is 0 Å². The number of halogens is 1. The predicted octanol–water partition coefficient (Wildman–Crippen LogP) is 2.35. The second-order valence-corrected chi connectivity index (χ2v) is 5.33. The molecule has 8 nitrogen and oxygen atoms in total. The number of hydrogen-bond donors (Lipinski definition) is 2. The van der Waals surface area contributed by atoms with Crippen molar-refractivity contribution in [2.75, 3.05) is 11.9 Å². The Hall–Kier alpha value is -2.43. The van der Waals surface area contributed by atoms with E-state index in [1.54, 1.807) is 0 Å². The van der Waals surface area contributed by atoms with Crippen LogP contribution in [0.2, 0.25) is 0 Å². The summed E-state index contributed by atoms with van der Waals surface area (Å²) < 4.78 is 5.95. The zero-order chi connectivity index (χ0) is 15.9. The monoisotopic (exact) mass is 414 g/mol. The molecule has 1 amide bonds. The Morgan fingerprint density at radius 3 is 2.68 bits per heavy atom. The fourth-order valence-corrected chi connectivity index (χ4v) is 1.83. The Labute approximate surface area is 138 Å². The summed E-state index contributed by atoms with van der Waals surface area (Å²) in [5, 5.41) is 17.0. The molecule has 0 aliphatic rings. The first-order valence-electron chi connectivity index (χ1n) is 6.10. The van der Waals surface area contributed by atoms with Crippen LogP contribution in [0.5, 0.6) is 0 Å². The number of carbonyl (C=O) groups is 1. The summed E-state index contributed by atoms with van der Waals surface area (Å²) in [5.41, 5.74) is 3.11. The normalized spacial score (nSPS) is 10.6. The summed E-state index contributed by atoms with van der Waals surface area (Å²) >= 11 is 2.19. The minimum atomic E-state index is -0.652. The van der Waals surface area contributed by atoms with Crippen LogP contribution in [0.4, 0.5) is 11.6 Å². The molecular weight excluding hydrogens is 403 g/mol. The minimum Gasteiger partial charge on any atom is -0.400 e. The summed E-state index contributed by atoms with van der Waals surface area (Å²) in [4.78, 5) is 21.3. The number of nitrogens with one attached hydrogen (secondary N) is 2. The van der Waals surface area contributed by atoms with Crippen molar-refractivity contribution in [2.24, 2.45) is 5.10 Å². The van der Waals surface area contributed by atoms with Gasteiger partial charge in [-0.2, -0.15) is 5.10 Å². The maximum Gasteiger partial charge on any atom is 0.433 e. The molecule has 2 rings (SSSR count). The van der Waals surface area contributed by atoms with E-state index in [-0.39, 0.29) is 24.1 Å². The standard InChI is InChI=1S/C13H11IN4O4/c14-9-1-3-10(4-2-9)15-8-12(19)17-16-7-11-5-6-13(22-11)18(20)21/h1-7,15H,8H2,(H,17,19)/b16-7-. The number of amides is 1. The van der Waals surface area contributed by atoms with Gasteiger partial charge in [0, 0.05) is 9.26 Å². The van der Waals surface area contributed by atoms with Gasteiger partial charge < -0.3 is 9.73 Å². The van der Waals surface area contributed by atoms with Crippen LogP contribution in [-0.2, 0) is 4.79 Å². The van der Waals surface area contributed by atoms with Crippen LogP contribution in [0.25, 0.3) is 0 Å². The Morgan fingerprint density at radius 1 is 1.32 bits per heavy atom. The van der Waals surface area contributed by atoms with Crippen LogP contribution >= 0.6 is 22.6 Å². The molecule has 0 aliphatic carbocycles. The molecule has 2 N–H and O–H groups in total. The number of rotatable bonds is 6. The number of hydrazone groups is 1. The molecule has 0 atom stereocenters. The van der Waals surface area contributed by atoms with Crippen LogP contribution in [0.3, 0.4) is 0 Å². The van der Waals surface area contributed by atoms with Crippen molar-refractivity contribution in [3.8, 4) is 0 Å². The predicted molar refractivity (Wildman–Crippen MR) is 88.7 cm³/mol. The van der Waals surface area contributed by atoms with E-state index in [9.17, 15) is 14.9 Å². The van der Waals surface area contributed by atoms with E-state index < -0.39 is 4.92 Å². The second kappa shape index (κ2) is 7.54. The summed E-state index contributed by atoms with van der Waals surface area (Å²) in [7, 11) is 0. The quantitative estimate of drug-likeness (QED) is 0.327. The van der Waals surface area contributed by atoms with Gasteiger partial charge in [0.2, 0.25) is 0 Å². The van der Waals surface area contributed by atoms with Crippen molar-refractivity contribution >= 4 is 46.3 Å². The van der Waals surface area contributed by atoms with Crippen LogP contribution in [0.15, 0.2) is 45.9 Å². The fourth-order valence-electron chi connectivity index (χ4n) is 1.47. The maximum absolute atomic E-state index is 11.6. The maximum atomic E-state index is 11.6.